The molecule has 0 spiro atoms. The lowest BCUT2D eigenvalue weighted by Gasteiger charge is -2.21. The van der Waals surface area contributed by atoms with Crippen molar-refractivity contribution in [2.24, 2.45) is 11.1 Å². The number of benzene rings is 1. The Kier molecular flexibility index (Phi) is 5.22. The second kappa shape index (κ2) is 7.23. The van der Waals surface area contributed by atoms with Crippen LogP contribution in [0.3, 0.4) is 0 Å². The van der Waals surface area contributed by atoms with E-state index < -0.39 is 15.3 Å². The normalized spacial score (nSPS) is 22.0. The van der Waals surface area contributed by atoms with Crippen LogP contribution in [0.2, 0.25) is 0 Å². The molecule has 1 aliphatic rings. The number of pyridine rings is 1. The Morgan fingerprint density at radius 3 is 2.44 bits per heavy atom. The zero-order valence-electron chi connectivity index (χ0n) is 14.6. The van der Waals surface area contributed by atoms with Crippen LogP contribution in [0.25, 0.3) is 11.1 Å². The summed E-state index contributed by atoms with van der Waals surface area (Å²) in [5.74, 6) is 0.370. The van der Waals surface area contributed by atoms with Crippen LogP contribution in [0, 0.1) is 12.8 Å². The third-order valence-corrected chi connectivity index (χ3v) is 6.29. The molecule has 3 unspecified atom stereocenters. The van der Waals surface area contributed by atoms with E-state index in [2.05, 4.69) is 35.3 Å². The highest BCUT2D eigenvalue weighted by atomic mass is 32.2. The van der Waals surface area contributed by atoms with Gasteiger partial charge in [0, 0.05) is 23.4 Å². The summed E-state index contributed by atoms with van der Waals surface area (Å²) in [5, 5.41) is 4.71. The summed E-state index contributed by atoms with van der Waals surface area (Å²) in [7, 11) is -3.50. The van der Waals surface area contributed by atoms with Crippen LogP contribution < -0.4 is 5.14 Å². The molecule has 6 heteroatoms. The molecule has 0 amide bonds. The number of ether oxygens (including phenoxy) is 1. The summed E-state index contributed by atoms with van der Waals surface area (Å²) in [4.78, 5) is 4.33. The van der Waals surface area contributed by atoms with E-state index in [1.54, 1.807) is 6.92 Å². The monoisotopic (exact) mass is 360 g/mol. The van der Waals surface area contributed by atoms with Crippen LogP contribution >= 0.6 is 0 Å². The fourth-order valence-corrected chi connectivity index (χ4v) is 3.84. The number of sulfonamides is 1. The van der Waals surface area contributed by atoms with Gasteiger partial charge in [-0.1, -0.05) is 30.3 Å². The lowest BCUT2D eigenvalue weighted by atomic mass is 9.85. The van der Waals surface area contributed by atoms with Crippen LogP contribution in [-0.4, -0.2) is 31.9 Å². The van der Waals surface area contributed by atoms with E-state index in [0.717, 1.165) is 16.8 Å². The molecule has 1 saturated heterocycles. The van der Waals surface area contributed by atoms with Gasteiger partial charge < -0.3 is 4.74 Å². The fraction of sp³-hybridized carbons (Fsp3) is 0.421. The summed E-state index contributed by atoms with van der Waals surface area (Å²) in [5.41, 5.74) is 4.37. The predicted octanol–water partition coefficient (Wildman–Crippen LogP) is 2.85. The Hall–Kier alpha value is -1.76. The quantitative estimate of drug-likeness (QED) is 0.889. The molecule has 134 valence electrons. The van der Waals surface area contributed by atoms with Gasteiger partial charge in [0.1, 0.15) is 0 Å². The molecule has 2 heterocycles. The lowest BCUT2D eigenvalue weighted by molar-refractivity contribution is 0.183. The smallest absolute Gasteiger partial charge is 0.211 e. The van der Waals surface area contributed by atoms with Crippen molar-refractivity contribution in [3.63, 3.8) is 0 Å². The highest BCUT2D eigenvalue weighted by Gasteiger charge is 2.33. The van der Waals surface area contributed by atoms with E-state index in [1.165, 1.54) is 5.56 Å². The lowest BCUT2D eigenvalue weighted by Crippen LogP contribution is -2.29. The minimum atomic E-state index is -3.50. The van der Waals surface area contributed by atoms with Gasteiger partial charge in [-0.25, -0.2) is 13.6 Å². The van der Waals surface area contributed by atoms with E-state index in [-0.39, 0.29) is 11.8 Å². The molecule has 3 rings (SSSR count). The summed E-state index contributed by atoms with van der Waals surface area (Å²) < 4.78 is 28.7. The van der Waals surface area contributed by atoms with E-state index >= 15 is 0 Å². The molecular weight excluding hydrogens is 336 g/mol. The molecule has 1 aromatic heterocycles. The first-order valence-electron chi connectivity index (χ1n) is 8.47. The van der Waals surface area contributed by atoms with Gasteiger partial charge in [0.15, 0.2) is 0 Å². The van der Waals surface area contributed by atoms with E-state index in [1.807, 2.05) is 19.2 Å². The van der Waals surface area contributed by atoms with Gasteiger partial charge in [-0.3, -0.25) is 4.98 Å². The Labute approximate surface area is 149 Å². The maximum atomic E-state index is 11.5. The van der Waals surface area contributed by atoms with E-state index in [4.69, 9.17) is 9.88 Å². The molecule has 5 nitrogen and oxygen atoms in total. The topological polar surface area (TPSA) is 82.3 Å². The van der Waals surface area contributed by atoms with Crippen molar-refractivity contribution in [2.45, 2.75) is 31.4 Å². The summed E-state index contributed by atoms with van der Waals surface area (Å²) >= 11 is 0. The predicted molar refractivity (Wildman–Crippen MR) is 98.6 cm³/mol. The average molecular weight is 360 g/mol. The Bertz CT molecular complexity index is 817. The van der Waals surface area contributed by atoms with E-state index in [0.29, 0.717) is 19.6 Å². The van der Waals surface area contributed by atoms with Gasteiger partial charge in [-0.2, -0.15) is 0 Å². The second-order valence-corrected chi connectivity index (χ2v) is 8.83. The van der Waals surface area contributed by atoms with Crippen LogP contribution in [0.4, 0.5) is 0 Å². The standard InChI is InChI=1S/C19H24N2O3S/c1-13-3-4-17(10-21-13)15-5-7-16(8-6-15)19-12-24-11-18(19)9-14(2)25(20,22)23/h3-8,10,14,18-19H,9,11-12H2,1-2H3,(H2,20,22,23). The second-order valence-electron chi connectivity index (χ2n) is 6.85. The molecule has 0 bridgehead atoms. The number of hydrogen-bond donors (Lipinski definition) is 1. The Morgan fingerprint density at radius 1 is 1.16 bits per heavy atom. The minimum Gasteiger partial charge on any atom is -0.380 e. The summed E-state index contributed by atoms with van der Waals surface area (Å²) in [6, 6.07) is 12.4. The number of nitrogens with two attached hydrogens (primary N) is 1. The molecule has 0 saturated carbocycles. The minimum absolute atomic E-state index is 0.167. The van der Waals surface area contributed by atoms with Gasteiger partial charge in [-0.05, 0) is 43.4 Å². The van der Waals surface area contributed by atoms with Gasteiger partial charge in [0.05, 0.1) is 18.5 Å². The van der Waals surface area contributed by atoms with Crippen molar-refractivity contribution in [1.29, 1.82) is 0 Å². The number of hydrogen-bond acceptors (Lipinski definition) is 4. The van der Waals surface area contributed by atoms with Gasteiger partial charge in [0.25, 0.3) is 0 Å². The van der Waals surface area contributed by atoms with E-state index in [9.17, 15) is 8.42 Å². The average Bonchev–Trinajstić information content (AvgIpc) is 3.03. The van der Waals surface area contributed by atoms with Crippen molar-refractivity contribution >= 4 is 10.0 Å². The fourth-order valence-electron chi connectivity index (χ4n) is 3.32. The van der Waals surface area contributed by atoms with Crippen molar-refractivity contribution in [3.8, 4) is 11.1 Å². The van der Waals surface area contributed by atoms with Crippen LogP contribution in [-0.2, 0) is 14.8 Å². The number of aromatic nitrogens is 1. The molecule has 25 heavy (non-hydrogen) atoms. The zero-order chi connectivity index (χ0) is 18.0. The molecule has 1 aromatic carbocycles. The number of aryl methyl sites for hydroxylation is 1. The van der Waals surface area contributed by atoms with Gasteiger partial charge >= 0.3 is 0 Å². The first-order chi connectivity index (χ1) is 11.8. The van der Waals surface area contributed by atoms with Crippen LogP contribution in [0.1, 0.15) is 30.5 Å². The first kappa shape index (κ1) is 18.0. The molecule has 3 atom stereocenters. The van der Waals surface area contributed by atoms with Crippen LogP contribution in [0.5, 0.6) is 0 Å². The third-order valence-electron chi connectivity index (χ3n) is 4.98. The highest BCUT2D eigenvalue weighted by Crippen LogP contribution is 2.35. The highest BCUT2D eigenvalue weighted by molar-refractivity contribution is 7.89. The van der Waals surface area contributed by atoms with Crippen LogP contribution in [0.15, 0.2) is 42.6 Å². The molecule has 1 fully saturated rings. The maximum absolute atomic E-state index is 11.5. The third kappa shape index (κ3) is 4.26. The first-order valence-corrected chi connectivity index (χ1v) is 10.1. The number of primary sulfonamides is 1. The molecule has 1 aliphatic heterocycles. The summed E-state index contributed by atoms with van der Waals surface area (Å²) in [6.45, 7) is 4.83. The molecule has 2 aromatic rings. The Balaban J connectivity index is 1.75. The van der Waals surface area contributed by atoms with Gasteiger partial charge in [-0.15, -0.1) is 0 Å². The largest absolute Gasteiger partial charge is 0.380 e. The Morgan fingerprint density at radius 2 is 1.84 bits per heavy atom. The molecule has 2 N–H and O–H groups in total. The maximum Gasteiger partial charge on any atom is 0.211 e. The molecule has 0 radical (unpaired) electrons. The number of nitrogens with zero attached hydrogens (tertiary/aromatic N) is 1. The zero-order valence-corrected chi connectivity index (χ0v) is 15.4. The SMILES string of the molecule is Cc1ccc(-c2ccc(C3COCC3CC(C)S(N)(=O)=O)cc2)cn1. The van der Waals surface area contributed by atoms with Gasteiger partial charge in [0.2, 0.25) is 10.0 Å². The van der Waals surface area contributed by atoms with Crippen molar-refractivity contribution in [2.75, 3.05) is 13.2 Å². The van der Waals surface area contributed by atoms with Crippen molar-refractivity contribution in [1.82, 2.24) is 4.98 Å². The van der Waals surface area contributed by atoms with Crippen molar-refractivity contribution in [3.05, 3.63) is 53.9 Å². The number of rotatable bonds is 5. The molecule has 0 aliphatic carbocycles. The summed E-state index contributed by atoms with van der Waals surface area (Å²) in [6.07, 6.45) is 2.40. The molecular formula is C19H24N2O3S. The van der Waals surface area contributed by atoms with Crippen molar-refractivity contribution < 1.29 is 13.2 Å².